The lowest BCUT2D eigenvalue weighted by Crippen LogP contribution is -2.18. The van der Waals surface area contributed by atoms with Gasteiger partial charge in [-0.15, -0.1) is 0 Å². The van der Waals surface area contributed by atoms with Crippen LogP contribution in [0.25, 0.3) is 0 Å². The Labute approximate surface area is 122 Å². The van der Waals surface area contributed by atoms with Crippen LogP contribution in [-0.2, 0) is 12.8 Å². The van der Waals surface area contributed by atoms with Gasteiger partial charge in [0.1, 0.15) is 0 Å². The number of halogens is 2. The lowest BCUT2D eigenvalue weighted by molar-refractivity contribution is 0.288. The fourth-order valence-corrected chi connectivity index (χ4v) is 2.06. The first-order valence-electron chi connectivity index (χ1n) is 6.81. The number of benzene rings is 1. The van der Waals surface area contributed by atoms with E-state index < -0.39 is 11.6 Å². The van der Waals surface area contributed by atoms with Crippen LogP contribution in [0.1, 0.15) is 18.1 Å². The second-order valence-corrected chi connectivity index (χ2v) is 5.03. The fraction of sp³-hybridized carbons (Fsp3) is 0.312. The molecule has 2 N–H and O–H groups in total. The van der Waals surface area contributed by atoms with Gasteiger partial charge in [-0.3, -0.25) is 4.98 Å². The minimum atomic E-state index is -0.697. The molecular formula is C16H18F2N2O. The van der Waals surface area contributed by atoms with Gasteiger partial charge in [0.05, 0.1) is 6.61 Å². The van der Waals surface area contributed by atoms with Gasteiger partial charge in [-0.1, -0.05) is 6.07 Å². The van der Waals surface area contributed by atoms with E-state index in [-0.39, 0.29) is 18.4 Å². The van der Waals surface area contributed by atoms with E-state index in [2.05, 4.69) is 4.98 Å². The van der Waals surface area contributed by atoms with Crippen molar-refractivity contribution in [2.24, 2.45) is 5.73 Å². The molecule has 0 saturated heterocycles. The highest BCUT2D eigenvalue weighted by Crippen LogP contribution is 2.24. The SMILES string of the molecule is CC(N)Cc1cc(F)c(OCCc2cccnc2)c(F)c1. The van der Waals surface area contributed by atoms with Gasteiger partial charge in [0, 0.05) is 24.9 Å². The van der Waals surface area contributed by atoms with E-state index in [1.54, 1.807) is 25.4 Å². The molecule has 0 spiro atoms. The van der Waals surface area contributed by atoms with Crippen molar-refractivity contribution in [3.8, 4) is 5.75 Å². The van der Waals surface area contributed by atoms with Crippen molar-refractivity contribution in [2.45, 2.75) is 25.8 Å². The van der Waals surface area contributed by atoms with Gasteiger partial charge in [0.15, 0.2) is 17.4 Å². The molecule has 0 radical (unpaired) electrons. The van der Waals surface area contributed by atoms with Gasteiger partial charge in [-0.25, -0.2) is 8.78 Å². The Bertz CT molecular complexity index is 565. The molecule has 2 rings (SSSR count). The topological polar surface area (TPSA) is 48.1 Å². The molecule has 21 heavy (non-hydrogen) atoms. The highest BCUT2D eigenvalue weighted by molar-refractivity contribution is 5.31. The Morgan fingerprint density at radius 3 is 2.52 bits per heavy atom. The first-order valence-corrected chi connectivity index (χ1v) is 6.81. The summed E-state index contributed by atoms with van der Waals surface area (Å²) in [6.07, 6.45) is 4.32. The average Bonchev–Trinajstić information content (AvgIpc) is 2.42. The number of aromatic nitrogens is 1. The second kappa shape index (κ2) is 7.13. The third-order valence-electron chi connectivity index (χ3n) is 2.98. The quantitative estimate of drug-likeness (QED) is 0.890. The summed E-state index contributed by atoms with van der Waals surface area (Å²) in [5, 5.41) is 0. The third kappa shape index (κ3) is 4.49. The summed E-state index contributed by atoms with van der Waals surface area (Å²) in [6, 6.07) is 6.08. The molecule has 0 aliphatic carbocycles. The smallest absolute Gasteiger partial charge is 0.190 e. The zero-order valence-electron chi connectivity index (χ0n) is 11.9. The summed E-state index contributed by atoms with van der Waals surface area (Å²) in [5.74, 6) is -1.74. The molecular weight excluding hydrogens is 274 g/mol. The maximum Gasteiger partial charge on any atom is 0.190 e. The standard InChI is InChI=1S/C16H18F2N2O/c1-11(19)7-13-8-14(17)16(15(18)9-13)21-6-4-12-3-2-5-20-10-12/h2-3,5,8-11H,4,6-7,19H2,1H3. The van der Waals surface area contributed by atoms with Crippen LogP contribution < -0.4 is 10.5 Å². The van der Waals surface area contributed by atoms with Crippen LogP contribution in [0, 0.1) is 11.6 Å². The molecule has 0 fully saturated rings. The van der Waals surface area contributed by atoms with E-state index >= 15 is 0 Å². The summed E-state index contributed by atoms with van der Waals surface area (Å²) < 4.78 is 33.0. The number of ether oxygens (including phenoxy) is 1. The summed E-state index contributed by atoms with van der Waals surface area (Å²) in [6.45, 7) is 1.97. The first-order chi connectivity index (χ1) is 10.1. The molecule has 112 valence electrons. The van der Waals surface area contributed by atoms with Gasteiger partial charge in [-0.2, -0.15) is 0 Å². The van der Waals surface area contributed by atoms with Crippen molar-refractivity contribution < 1.29 is 13.5 Å². The van der Waals surface area contributed by atoms with Gasteiger partial charge >= 0.3 is 0 Å². The van der Waals surface area contributed by atoms with Crippen molar-refractivity contribution in [1.29, 1.82) is 0 Å². The number of pyridine rings is 1. The maximum atomic E-state index is 13.9. The van der Waals surface area contributed by atoms with Crippen LogP contribution in [0.5, 0.6) is 5.75 Å². The van der Waals surface area contributed by atoms with Crippen LogP contribution in [0.15, 0.2) is 36.7 Å². The Balaban J connectivity index is 2.00. The van der Waals surface area contributed by atoms with Crippen LogP contribution in [-0.4, -0.2) is 17.6 Å². The molecule has 0 saturated carbocycles. The molecule has 1 aromatic carbocycles. The average molecular weight is 292 g/mol. The van der Waals surface area contributed by atoms with Crippen LogP contribution in [0.3, 0.4) is 0 Å². The van der Waals surface area contributed by atoms with Crippen molar-refractivity contribution in [1.82, 2.24) is 4.98 Å². The van der Waals surface area contributed by atoms with Crippen molar-refractivity contribution >= 4 is 0 Å². The number of hydrogen-bond donors (Lipinski definition) is 1. The lowest BCUT2D eigenvalue weighted by atomic mass is 10.1. The predicted molar refractivity (Wildman–Crippen MR) is 77.1 cm³/mol. The van der Waals surface area contributed by atoms with E-state index in [1.807, 2.05) is 6.07 Å². The van der Waals surface area contributed by atoms with Gasteiger partial charge < -0.3 is 10.5 Å². The van der Waals surface area contributed by atoms with Crippen LogP contribution >= 0.6 is 0 Å². The Morgan fingerprint density at radius 1 is 1.24 bits per heavy atom. The molecule has 5 heteroatoms. The summed E-state index contributed by atoms with van der Waals surface area (Å²) in [7, 11) is 0. The Hall–Kier alpha value is -2.01. The number of nitrogens with two attached hydrogens (primary N) is 1. The number of nitrogens with zero attached hydrogens (tertiary/aromatic N) is 1. The third-order valence-corrected chi connectivity index (χ3v) is 2.98. The molecule has 3 nitrogen and oxygen atoms in total. The summed E-state index contributed by atoms with van der Waals surface area (Å²) in [5.41, 5.74) is 7.10. The zero-order valence-corrected chi connectivity index (χ0v) is 11.9. The number of hydrogen-bond acceptors (Lipinski definition) is 3. The van der Waals surface area contributed by atoms with E-state index in [9.17, 15) is 8.78 Å². The molecule has 0 amide bonds. The van der Waals surface area contributed by atoms with Crippen molar-refractivity contribution in [3.05, 3.63) is 59.4 Å². The summed E-state index contributed by atoms with van der Waals surface area (Å²) in [4.78, 5) is 3.97. The normalized spacial score (nSPS) is 12.2. The van der Waals surface area contributed by atoms with E-state index in [0.717, 1.165) is 5.56 Å². The fourth-order valence-electron chi connectivity index (χ4n) is 2.06. The minimum absolute atomic E-state index is 0.152. The molecule has 1 aromatic heterocycles. The van der Waals surface area contributed by atoms with Crippen molar-refractivity contribution in [3.63, 3.8) is 0 Å². The molecule has 0 aliphatic rings. The predicted octanol–water partition coefficient (Wildman–Crippen LogP) is 2.87. The highest BCUT2D eigenvalue weighted by Gasteiger charge is 2.13. The van der Waals surface area contributed by atoms with Crippen LogP contribution in [0.4, 0.5) is 8.78 Å². The largest absolute Gasteiger partial charge is 0.487 e. The van der Waals surface area contributed by atoms with E-state index in [4.69, 9.17) is 10.5 Å². The number of rotatable bonds is 6. The first kappa shape index (κ1) is 15.4. The zero-order chi connectivity index (χ0) is 15.2. The molecule has 2 aromatic rings. The Kier molecular flexibility index (Phi) is 5.22. The van der Waals surface area contributed by atoms with Gasteiger partial charge in [0.2, 0.25) is 0 Å². The highest BCUT2D eigenvalue weighted by atomic mass is 19.1. The molecule has 1 atom stereocenters. The Morgan fingerprint density at radius 2 is 1.95 bits per heavy atom. The maximum absolute atomic E-state index is 13.9. The van der Waals surface area contributed by atoms with E-state index in [0.29, 0.717) is 18.4 Å². The lowest BCUT2D eigenvalue weighted by Gasteiger charge is -2.11. The second-order valence-electron chi connectivity index (χ2n) is 5.03. The molecule has 1 heterocycles. The monoisotopic (exact) mass is 292 g/mol. The van der Waals surface area contributed by atoms with E-state index in [1.165, 1.54) is 12.1 Å². The van der Waals surface area contributed by atoms with Crippen molar-refractivity contribution in [2.75, 3.05) is 6.61 Å². The van der Waals surface area contributed by atoms with Crippen LogP contribution in [0.2, 0.25) is 0 Å². The summed E-state index contributed by atoms with van der Waals surface area (Å²) >= 11 is 0. The van der Waals surface area contributed by atoms with Gasteiger partial charge in [0.25, 0.3) is 0 Å². The minimum Gasteiger partial charge on any atom is -0.487 e. The van der Waals surface area contributed by atoms with Gasteiger partial charge in [-0.05, 0) is 42.7 Å². The molecule has 1 unspecified atom stereocenters. The molecule has 0 bridgehead atoms. The molecule has 0 aliphatic heterocycles.